The molecule has 86 valence electrons. The maximum absolute atomic E-state index is 6.07. The van der Waals surface area contributed by atoms with Crippen molar-refractivity contribution in [3.8, 4) is 5.75 Å². The first-order valence-corrected chi connectivity index (χ1v) is 6.20. The van der Waals surface area contributed by atoms with Gasteiger partial charge in [-0.3, -0.25) is 0 Å². The third kappa shape index (κ3) is 2.46. The predicted molar refractivity (Wildman–Crippen MR) is 67.6 cm³/mol. The first-order chi connectivity index (χ1) is 7.81. The number of rotatable bonds is 3. The SMILES string of the molecule is C=C1CCCC(Oc2ccccc2)C1CC. The van der Waals surface area contributed by atoms with Crippen LogP contribution in [0.5, 0.6) is 5.75 Å². The van der Waals surface area contributed by atoms with Crippen molar-refractivity contribution in [1.29, 1.82) is 0 Å². The van der Waals surface area contributed by atoms with E-state index in [1.807, 2.05) is 30.3 Å². The van der Waals surface area contributed by atoms with Gasteiger partial charge in [0.15, 0.2) is 0 Å². The van der Waals surface area contributed by atoms with Gasteiger partial charge in [-0.1, -0.05) is 37.3 Å². The molecule has 1 aromatic rings. The van der Waals surface area contributed by atoms with Crippen molar-refractivity contribution in [3.05, 3.63) is 42.5 Å². The van der Waals surface area contributed by atoms with Crippen LogP contribution in [0.15, 0.2) is 42.5 Å². The molecule has 1 saturated carbocycles. The van der Waals surface area contributed by atoms with Crippen molar-refractivity contribution in [2.24, 2.45) is 5.92 Å². The molecule has 2 atom stereocenters. The number of ether oxygens (including phenoxy) is 1. The van der Waals surface area contributed by atoms with Gasteiger partial charge in [0, 0.05) is 5.92 Å². The molecule has 0 N–H and O–H groups in total. The zero-order valence-corrected chi connectivity index (χ0v) is 9.99. The molecule has 0 aliphatic heterocycles. The Bertz CT molecular complexity index is 342. The average molecular weight is 216 g/mol. The van der Waals surface area contributed by atoms with Gasteiger partial charge in [0.05, 0.1) is 0 Å². The van der Waals surface area contributed by atoms with Gasteiger partial charge in [-0.15, -0.1) is 0 Å². The first-order valence-electron chi connectivity index (χ1n) is 6.20. The Morgan fingerprint density at radius 2 is 2.06 bits per heavy atom. The van der Waals surface area contributed by atoms with Gasteiger partial charge in [-0.25, -0.2) is 0 Å². The minimum Gasteiger partial charge on any atom is -0.490 e. The molecule has 1 nitrogen and oxygen atoms in total. The lowest BCUT2D eigenvalue weighted by Crippen LogP contribution is -2.31. The van der Waals surface area contributed by atoms with Gasteiger partial charge in [0.25, 0.3) is 0 Å². The molecule has 0 aromatic heterocycles. The molecule has 1 aromatic carbocycles. The molecule has 0 amide bonds. The normalized spacial score (nSPS) is 25.4. The lowest BCUT2D eigenvalue weighted by molar-refractivity contribution is 0.120. The highest BCUT2D eigenvalue weighted by atomic mass is 16.5. The summed E-state index contributed by atoms with van der Waals surface area (Å²) >= 11 is 0. The zero-order valence-electron chi connectivity index (χ0n) is 9.99. The fraction of sp³-hybridized carbons (Fsp3) is 0.467. The maximum Gasteiger partial charge on any atom is 0.119 e. The second-order valence-corrected chi connectivity index (χ2v) is 4.53. The third-order valence-electron chi connectivity index (χ3n) is 3.43. The first kappa shape index (κ1) is 11.3. The van der Waals surface area contributed by atoms with Crippen LogP contribution < -0.4 is 4.74 Å². The molecule has 16 heavy (non-hydrogen) atoms. The number of hydrogen-bond donors (Lipinski definition) is 0. The van der Waals surface area contributed by atoms with E-state index in [1.54, 1.807) is 0 Å². The Morgan fingerprint density at radius 3 is 2.75 bits per heavy atom. The van der Waals surface area contributed by atoms with E-state index in [4.69, 9.17) is 4.74 Å². The molecule has 1 heteroatoms. The number of hydrogen-bond acceptors (Lipinski definition) is 1. The fourth-order valence-corrected chi connectivity index (χ4v) is 2.55. The Labute approximate surface area is 98.1 Å². The lowest BCUT2D eigenvalue weighted by Gasteiger charge is -2.33. The fourth-order valence-electron chi connectivity index (χ4n) is 2.55. The molecule has 0 bridgehead atoms. The van der Waals surface area contributed by atoms with Crippen LogP contribution in [0.25, 0.3) is 0 Å². The Balaban J connectivity index is 2.05. The largest absolute Gasteiger partial charge is 0.490 e. The molecule has 2 rings (SSSR count). The van der Waals surface area contributed by atoms with E-state index >= 15 is 0 Å². The van der Waals surface area contributed by atoms with Crippen molar-refractivity contribution in [1.82, 2.24) is 0 Å². The summed E-state index contributed by atoms with van der Waals surface area (Å²) in [4.78, 5) is 0. The highest BCUT2D eigenvalue weighted by Crippen LogP contribution is 2.33. The van der Waals surface area contributed by atoms with Gasteiger partial charge in [0.2, 0.25) is 0 Å². The summed E-state index contributed by atoms with van der Waals surface area (Å²) in [5.74, 6) is 1.52. The van der Waals surface area contributed by atoms with Crippen LogP contribution in [0.3, 0.4) is 0 Å². The summed E-state index contributed by atoms with van der Waals surface area (Å²) in [7, 11) is 0. The molecule has 1 fully saturated rings. The number of para-hydroxylation sites is 1. The van der Waals surface area contributed by atoms with Crippen LogP contribution in [0.2, 0.25) is 0 Å². The van der Waals surface area contributed by atoms with Gasteiger partial charge < -0.3 is 4.74 Å². The lowest BCUT2D eigenvalue weighted by atomic mass is 9.81. The van der Waals surface area contributed by atoms with Crippen LogP contribution in [-0.2, 0) is 0 Å². The van der Waals surface area contributed by atoms with Crippen LogP contribution in [0.1, 0.15) is 32.6 Å². The van der Waals surface area contributed by atoms with Crippen LogP contribution in [0, 0.1) is 5.92 Å². The minimum atomic E-state index is 0.327. The Kier molecular flexibility index (Phi) is 3.66. The molecular formula is C15H20O. The van der Waals surface area contributed by atoms with Crippen molar-refractivity contribution in [3.63, 3.8) is 0 Å². The maximum atomic E-state index is 6.07. The summed E-state index contributed by atoms with van der Waals surface area (Å²) in [6.45, 7) is 6.40. The molecule has 1 aliphatic carbocycles. The predicted octanol–water partition coefficient (Wildman–Crippen LogP) is 4.20. The summed E-state index contributed by atoms with van der Waals surface area (Å²) in [6, 6.07) is 10.1. The van der Waals surface area contributed by atoms with E-state index in [0.717, 1.165) is 18.6 Å². The van der Waals surface area contributed by atoms with Crippen LogP contribution in [0.4, 0.5) is 0 Å². The molecular weight excluding hydrogens is 196 g/mol. The summed E-state index contributed by atoms with van der Waals surface area (Å²) < 4.78 is 6.07. The van der Waals surface area contributed by atoms with E-state index in [2.05, 4.69) is 13.5 Å². The Hall–Kier alpha value is -1.24. The second-order valence-electron chi connectivity index (χ2n) is 4.53. The van der Waals surface area contributed by atoms with Crippen molar-refractivity contribution < 1.29 is 4.74 Å². The van der Waals surface area contributed by atoms with Gasteiger partial charge in [0.1, 0.15) is 11.9 Å². The molecule has 0 spiro atoms. The van der Waals surface area contributed by atoms with E-state index in [1.165, 1.54) is 18.4 Å². The van der Waals surface area contributed by atoms with Gasteiger partial charge in [-0.2, -0.15) is 0 Å². The quantitative estimate of drug-likeness (QED) is 0.688. The minimum absolute atomic E-state index is 0.327. The Morgan fingerprint density at radius 1 is 1.31 bits per heavy atom. The van der Waals surface area contributed by atoms with Crippen LogP contribution in [-0.4, -0.2) is 6.10 Å². The van der Waals surface area contributed by atoms with Crippen molar-refractivity contribution in [2.75, 3.05) is 0 Å². The topological polar surface area (TPSA) is 9.23 Å². The molecule has 0 saturated heterocycles. The summed E-state index contributed by atoms with van der Waals surface area (Å²) in [6.07, 6.45) is 5.01. The van der Waals surface area contributed by atoms with Gasteiger partial charge >= 0.3 is 0 Å². The highest BCUT2D eigenvalue weighted by molar-refractivity contribution is 5.22. The third-order valence-corrected chi connectivity index (χ3v) is 3.43. The van der Waals surface area contributed by atoms with E-state index in [0.29, 0.717) is 12.0 Å². The van der Waals surface area contributed by atoms with E-state index in [-0.39, 0.29) is 0 Å². The molecule has 1 aliphatic rings. The van der Waals surface area contributed by atoms with E-state index < -0.39 is 0 Å². The summed E-state index contributed by atoms with van der Waals surface area (Å²) in [5.41, 5.74) is 1.37. The van der Waals surface area contributed by atoms with Crippen LogP contribution >= 0.6 is 0 Å². The smallest absolute Gasteiger partial charge is 0.119 e. The standard InChI is InChI=1S/C15H20O/c1-3-14-12(2)8-7-11-15(14)16-13-9-5-4-6-10-13/h4-6,9-10,14-15H,2-3,7-8,11H2,1H3. The summed E-state index contributed by atoms with van der Waals surface area (Å²) in [5, 5.41) is 0. The highest BCUT2D eigenvalue weighted by Gasteiger charge is 2.27. The monoisotopic (exact) mass is 216 g/mol. The molecule has 0 heterocycles. The van der Waals surface area contributed by atoms with E-state index in [9.17, 15) is 0 Å². The molecule has 2 unspecified atom stereocenters. The average Bonchev–Trinajstić information content (AvgIpc) is 2.31. The molecule has 0 radical (unpaired) electrons. The van der Waals surface area contributed by atoms with Crippen molar-refractivity contribution in [2.45, 2.75) is 38.7 Å². The van der Waals surface area contributed by atoms with Gasteiger partial charge in [-0.05, 0) is 37.8 Å². The second kappa shape index (κ2) is 5.20. The van der Waals surface area contributed by atoms with Crippen molar-refractivity contribution >= 4 is 0 Å². The zero-order chi connectivity index (χ0) is 11.4. The number of benzene rings is 1.